The summed E-state index contributed by atoms with van der Waals surface area (Å²) in [5.41, 5.74) is 4.50. The van der Waals surface area contributed by atoms with Crippen molar-refractivity contribution < 1.29 is 13.2 Å². The van der Waals surface area contributed by atoms with Crippen LogP contribution in [0, 0.1) is 11.8 Å². The van der Waals surface area contributed by atoms with Gasteiger partial charge in [0, 0.05) is 17.0 Å². The topological polar surface area (TPSA) is 87.6 Å². The molecule has 1 aliphatic rings. The van der Waals surface area contributed by atoms with Gasteiger partial charge in [-0.05, 0) is 60.4 Å². The third-order valence-corrected chi connectivity index (χ3v) is 7.51. The van der Waals surface area contributed by atoms with Gasteiger partial charge < -0.3 is 0 Å². The molecule has 1 amide bonds. The number of nitrogens with zero attached hydrogens (tertiary/aromatic N) is 1. The van der Waals surface area contributed by atoms with Gasteiger partial charge in [0.15, 0.2) is 0 Å². The first-order chi connectivity index (χ1) is 12.9. The minimum absolute atomic E-state index is 0.246. The number of carbonyl (C=O) groups is 1. The highest BCUT2D eigenvalue weighted by Crippen LogP contribution is 2.26. The van der Waals surface area contributed by atoms with Crippen LogP contribution in [0.15, 0.2) is 51.1 Å². The van der Waals surface area contributed by atoms with E-state index in [0.717, 1.165) is 29.9 Å². The molecule has 1 aromatic carbocycles. The lowest BCUT2D eigenvalue weighted by molar-refractivity contribution is 0.0954. The van der Waals surface area contributed by atoms with Gasteiger partial charge in [0.25, 0.3) is 15.9 Å². The maximum absolute atomic E-state index is 12.3. The van der Waals surface area contributed by atoms with Crippen LogP contribution in [0.1, 0.15) is 43.5 Å². The number of benzene rings is 1. The van der Waals surface area contributed by atoms with E-state index >= 15 is 0 Å². The van der Waals surface area contributed by atoms with E-state index in [2.05, 4.69) is 29.1 Å². The Balaban J connectivity index is 1.65. The average molecular weight is 406 g/mol. The molecule has 0 radical (unpaired) electrons. The highest BCUT2D eigenvalue weighted by atomic mass is 32.2. The predicted octanol–water partition coefficient (Wildman–Crippen LogP) is 4.09. The molecule has 6 nitrogen and oxygen atoms in total. The first-order valence-electron chi connectivity index (χ1n) is 8.91. The summed E-state index contributed by atoms with van der Waals surface area (Å²) in [7, 11) is -3.59. The van der Waals surface area contributed by atoms with Crippen LogP contribution in [0.3, 0.4) is 0 Å². The molecule has 1 aliphatic carbocycles. The second-order valence-electron chi connectivity index (χ2n) is 6.83. The van der Waals surface area contributed by atoms with Crippen LogP contribution >= 0.6 is 11.3 Å². The van der Waals surface area contributed by atoms with Crippen LogP contribution in [0.25, 0.3) is 0 Å². The molecular formula is C19H23N3O3S2. The van der Waals surface area contributed by atoms with Crippen molar-refractivity contribution in [1.29, 1.82) is 0 Å². The summed E-state index contributed by atoms with van der Waals surface area (Å²) >= 11 is 1.15. The van der Waals surface area contributed by atoms with Gasteiger partial charge in [-0.2, -0.15) is 5.10 Å². The lowest BCUT2D eigenvalue weighted by Crippen LogP contribution is -2.29. The number of hydrazone groups is 1. The van der Waals surface area contributed by atoms with Crippen LogP contribution in [-0.2, 0) is 10.0 Å². The van der Waals surface area contributed by atoms with Crippen molar-refractivity contribution in [2.75, 3.05) is 4.72 Å². The monoisotopic (exact) mass is 405 g/mol. The minimum Gasteiger partial charge on any atom is -0.279 e. The first-order valence-corrected chi connectivity index (χ1v) is 11.3. The minimum atomic E-state index is -3.59. The van der Waals surface area contributed by atoms with Crippen LogP contribution in [0.5, 0.6) is 0 Å². The van der Waals surface area contributed by atoms with Gasteiger partial charge in [-0.25, -0.2) is 13.8 Å². The Morgan fingerprint density at radius 2 is 1.78 bits per heavy atom. The smallest absolute Gasteiger partial charge is 0.271 e. The zero-order valence-electron chi connectivity index (χ0n) is 15.3. The second-order valence-corrected chi connectivity index (χ2v) is 9.68. The van der Waals surface area contributed by atoms with E-state index in [1.165, 1.54) is 6.42 Å². The number of anilines is 1. The number of thiophene rings is 1. The summed E-state index contributed by atoms with van der Waals surface area (Å²) in [6.45, 7) is 4.27. The van der Waals surface area contributed by atoms with E-state index in [-0.39, 0.29) is 10.1 Å². The van der Waals surface area contributed by atoms with Crippen molar-refractivity contribution in [3.63, 3.8) is 0 Å². The lowest BCUT2D eigenvalue weighted by Gasteiger charge is -2.26. The summed E-state index contributed by atoms with van der Waals surface area (Å²) in [6.07, 6.45) is 3.38. The van der Waals surface area contributed by atoms with E-state index in [1.807, 2.05) is 0 Å². The van der Waals surface area contributed by atoms with Crippen molar-refractivity contribution in [2.24, 2.45) is 16.9 Å². The zero-order valence-corrected chi connectivity index (χ0v) is 16.9. The Kier molecular flexibility index (Phi) is 5.96. The summed E-state index contributed by atoms with van der Waals surface area (Å²) in [5.74, 6) is 0.450. The lowest BCUT2D eigenvalue weighted by atomic mass is 9.81. The molecule has 1 aromatic heterocycles. The zero-order chi connectivity index (χ0) is 19.4. The Labute approximate surface area is 163 Å². The normalized spacial score (nSPS) is 20.1. The number of amides is 1. The molecule has 0 unspecified atom stereocenters. The third-order valence-electron chi connectivity index (χ3n) is 4.73. The molecule has 2 N–H and O–H groups in total. The summed E-state index contributed by atoms with van der Waals surface area (Å²) in [6, 6.07) is 9.52. The Hall–Kier alpha value is -2.19. The van der Waals surface area contributed by atoms with E-state index in [9.17, 15) is 13.2 Å². The standard InChI is InChI=1S/C19H23N3O3S2/c1-13-5-3-6-14(2)18(13)20-21-19(23)15-8-10-16(11-9-15)22-27(24,25)17-7-4-12-26-17/h4,7-14,22H,3,5-6H2,1-2H3,(H,21,23)/t13-,14-/m1/s1. The predicted molar refractivity (Wildman–Crippen MR) is 109 cm³/mol. The molecule has 1 heterocycles. The summed E-state index contributed by atoms with van der Waals surface area (Å²) < 4.78 is 27.2. The molecule has 3 rings (SSSR count). The number of sulfonamides is 1. The van der Waals surface area contributed by atoms with Gasteiger partial charge in [0.05, 0.1) is 0 Å². The second kappa shape index (κ2) is 8.22. The Morgan fingerprint density at radius 3 is 2.37 bits per heavy atom. The molecule has 1 fully saturated rings. The molecule has 2 atom stereocenters. The van der Waals surface area contributed by atoms with Gasteiger partial charge in [-0.1, -0.05) is 26.3 Å². The van der Waals surface area contributed by atoms with Crippen LogP contribution in [0.4, 0.5) is 5.69 Å². The molecule has 1 saturated carbocycles. The average Bonchev–Trinajstić information content (AvgIpc) is 3.17. The van der Waals surface area contributed by atoms with E-state index < -0.39 is 10.0 Å². The number of carbonyl (C=O) groups excluding carboxylic acids is 1. The number of hydrogen-bond acceptors (Lipinski definition) is 5. The highest BCUT2D eigenvalue weighted by molar-refractivity contribution is 7.94. The van der Waals surface area contributed by atoms with Crippen molar-refractivity contribution in [3.05, 3.63) is 47.3 Å². The molecule has 0 bridgehead atoms. The fourth-order valence-electron chi connectivity index (χ4n) is 3.22. The van der Waals surface area contributed by atoms with Gasteiger partial charge >= 0.3 is 0 Å². The van der Waals surface area contributed by atoms with Crippen LogP contribution in [0.2, 0.25) is 0 Å². The number of nitrogens with one attached hydrogen (secondary N) is 2. The first kappa shape index (κ1) is 19.6. The fourth-order valence-corrected chi connectivity index (χ4v) is 5.27. The van der Waals surface area contributed by atoms with Crippen molar-refractivity contribution in [3.8, 4) is 0 Å². The van der Waals surface area contributed by atoms with Crippen molar-refractivity contribution in [1.82, 2.24) is 5.43 Å². The molecule has 27 heavy (non-hydrogen) atoms. The van der Waals surface area contributed by atoms with Crippen molar-refractivity contribution >= 4 is 38.7 Å². The largest absolute Gasteiger partial charge is 0.279 e. The third kappa shape index (κ3) is 4.75. The van der Waals surface area contributed by atoms with Gasteiger partial charge in [-0.15, -0.1) is 11.3 Å². The van der Waals surface area contributed by atoms with E-state index in [0.29, 0.717) is 23.1 Å². The van der Waals surface area contributed by atoms with Gasteiger partial charge in [-0.3, -0.25) is 9.52 Å². The molecule has 0 aliphatic heterocycles. The Morgan fingerprint density at radius 1 is 1.11 bits per heavy atom. The van der Waals surface area contributed by atoms with Gasteiger partial charge in [0.2, 0.25) is 0 Å². The number of rotatable bonds is 5. The summed E-state index contributed by atoms with van der Waals surface area (Å²) in [4.78, 5) is 12.3. The summed E-state index contributed by atoms with van der Waals surface area (Å²) in [5, 5.41) is 6.05. The Bertz CT molecular complexity index is 908. The molecular weight excluding hydrogens is 382 g/mol. The fraction of sp³-hybridized carbons (Fsp3) is 0.368. The van der Waals surface area contributed by atoms with E-state index in [1.54, 1.807) is 41.8 Å². The van der Waals surface area contributed by atoms with E-state index in [4.69, 9.17) is 0 Å². The van der Waals surface area contributed by atoms with Gasteiger partial charge in [0.1, 0.15) is 4.21 Å². The van der Waals surface area contributed by atoms with Crippen LogP contribution in [-0.4, -0.2) is 20.0 Å². The highest BCUT2D eigenvalue weighted by Gasteiger charge is 2.23. The molecule has 0 saturated heterocycles. The van der Waals surface area contributed by atoms with Crippen LogP contribution < -0.4 is 10.1 Å². The SMILES string of the molecule is C[C@@H]1CCC[C@@H](C)C1=NNC(=O)c1ccc(NS(=O)(=O)c2cccs2)cc1. The maximum atomic E-state index is 12.3. The molecule has 0 spiro atoms. The molecule has 8 heteroatoms. The van der Waals surface area contributed by atoms with Crippen molar-refractivity contribution in [2.45, 2.75) is 37.3 Å². The molecule has 2 aromatic rings. The number of hydrogen-bond donors (Lipinski definition) is 2. The molecule has 144 valence electrons. The quantitative estimate of drug-likeness (QED) is 0.735. The maximum Gasteiger partial charge on any atom is 0.271 e.